The Balaban J connectivity index is 2.53. The van der Waals surface area contributed by atoms with Crippen LogP contribution in [-0.4, -0.2) is 31.7 Å². The zero-order valence-corrected chi connectivity index (χ0v) is 6.87. The van der Waals surface area contributed by atoms with Crippen molar-refractivity contribution in [2.24, 2.45) is 11.8 Å². The molecule has 2 nitrogen and oxygen atoms in total. The van der Waals surface area contributed by atoms with Crippen molar-refractivity contribution in [2.45, 2.75) is 26.0 Å². The Kier molecular flexibility index (Phi) is 2.37. The molecule has 0 aromatic rings. The van der Waals surface area contributed by atoms with Gasteiger partial charge in [-0.2, -0.15) is 0 Å². The summed E-state index contributed by atoms with van der Waals surface area (Å²) < 4.78 is 5.48. The lowest BCUT2D eigenvalue weighted by atomic mass is 9.82. The van der Waals surface area contributed by atoms with Gasteiger partial charge in [-0.15, -0.1) is 0 Å². The summed E-state index contributed by atoms with van der Waals surface area (Å²) in [6.07, 6.45) is 0.0741. The maximum absolute atomic E-state index is 8.85. The summed E-state index contributed by atoms with van der Waals surface area (Å²) in [6.45, 7) is 4.47. The Morgan fingerprint density at radius 3 is 2.20 bits per heavy atom. The van der Waals surface area contributed by atoms with Gasteiger partial charge in [0.15, 0.2) is 0 Å². The Bertz CT molecular complexity index is 118. The van der Waals surface area contributed by atoms with Crippen molar-refractivity contribution in [3.05, 3.63) is 0 Å². The third-order valence-corrected chi connectivity index (χ3v) is 2.73. The number of aliphatic hydroxyl groups excluding tert-OH is 1. The molecule has 0 amide bonds. The van der Waals surface area contributed by atoms with Crippen LogP contribution in [0.5, 0.6) is 0 Å². The third-order valence-electron chi connectivity index (χ3n) is 2.73. The molecule has 0 saturated carbocycles. The van der Waals surface area contributed by atoms with Crippen molar-refractivity contribution in [1.29, 1.82) is 0 Å². The SMILES string of the molecule is BC1O[C@H](CO)[C@@H](C)[C@H]1C. The second-order valence-electron chi connectivity index (χ2n) is 3.28. The van der Waals surface area contributed by atoms with Gasteiger partial charge in [0.1, 0.15) is 7.85 Å². The Morgan fingerprint density at radius 1 is 1.40 bits per heavy atom. The fourth-order valence-electron chi connectivity index (χ4n) is 1.50. The van der Waals surface area contributed by atoms with E-state index in [2.05, 4.69) is 21.7 Å². The lowest BCUT2D eigenvalue weighted by molar-refractivity contribution is 0.0286. The van der Waals surface area contributed by atoms with Crippen LogP contribution >= 0.6 is 0 Å². The summed E-state index contributed by atoms with van der Waals surface area (Å²) in [5, 5.41) is 8.85. The fraction of sp³-hybridized carbons (Fsp3) is 1.00. The van der Waals surface area contributed by atoms with Crippen LogP contribution in [-0.2, 0) is 4.74 Å². The molecular formula is C7H15BO2. The minimum Gasteiger partial charge on any atom is -0.394 e. The summed E-state index contributed by atoms with van der Waals surface area (Å²) >= 11 is 0. The lowest BCUT2D eigenvalue weighted by Crippen LogP contribution is -2.19. The van der Waals surface area contributed by atoms with Crippen molar-refractivity contribution < 1.29 is 9.84 Å². The average molecular weight is 142 g/mol. The highest BCUT2D eigenvalue weighted by molar-refractivity contribution is 6.11. The number of rotatable bonds is 1. The number of hydrogen-bond acceptors (Lipinski definition) is 2. The van der Waals surface area contributed by atoms with Gasteiger partial charge >= 0.3 is 0 Å². The molecule has 10 heavy (non-hydrogen) atoms. The van der Waals surface area contributed by atoms with E-state index in [9.17, 15) is 0 Å². The second-order valence-corrected chi connectivity index (χ2v) is 3.28. The molecule has 1 fully saturated rings. The topological polar surface area (TPSA) is 29.5 Å². The van der Waals surface area contributed by atoms with E-state index in [4.69, 9.17) is 9.84 Å². The molecular weight excluding hydrogens is 127 g/mol. The van der Waals surface area contributed by atoms with Gasteiger partial charge < -0.3 is 9.84 Å². The molecule has 1 N–H and O–H groups in total. The largest absolute Gasteiger partial charge is 0.394 e. The van der Waals surface area contributed by atoms with E-state index in [1.807, 2.05) is 0 Å². The number of aliphatic hydroxyl groups is 1. The molecule has 0 bridgehead atoms. The average Bonchev–Trinajstić information content (AvgIpc) is 2.17. The van der Waals surface area contributed by atoms with Gasteiger partial charge in [0.25, 0.3) is 0 Å². The lowest BCUT2D eigenvalue weighted by Gasteiger charge is -2.12. The molecule has 0 aromatic carbocycles. The zero-order chi connectivity index (χ0) is 7.72. The van der Waals surface area contributed by atoms with Gasteiger partial charge in [0.05, 0.1) is 12.7 Å². The van der Waals surface area contributed by atoms with Gasteiger partial charge in [-0.25, -0.2) is 0 Å². The van der Waals surface area contributed by atoms with Gasteiger partial charge in [-0.3, -0.25) is 0 Å². The summed E-state index contributed by atoms with van der Waals surface area (Å²) in [7, 11) is 2.07. The molecule has 1 saturated heterocycles. The first-order chi connectivity index (χ1) is 4.66. The van der Waals surface area contributed by atoms with Crippen LogP contribution in [0.15, 0.2) is 0 Å². The molecule has 4 atom stereocenters. The summed E-state index contributed by atoms with van der Waals surface area (Å²) in [4.78, 5) is 0. The normalized spacial score (nSPS) is 47.9. The molecule has 0 radical (unpaired) electrons. The monoisotopic (exact) mass is 142 g/mol. The molecule has 0 spiro atoms. The first-order valence-electron chi connectivity index (χ1n) is 3.93. The van der Waals surface area contributed by atoms with Crippen LogP contribution in [0.4, 0.5) is 0 Å². The highest BCUT2D eigenvalue weighted by Crippen LogP contribution is 2.29. The summed E-state index contributed by atoms with van der Waals surface area (Å²) in [5.41, 5.74) is 0. The van der Waals surface area contributed by atoms with Crippen molar-refractivity contribution >= 4 is 7.85 Å². The molecule has 1 heterocycles. The molecule has 1 aliphatic rings. The predicted octanol–water partition coefficient (Wildman–Crippen LogP) is -0.391. The second kappa shape index (κ2) is 2.93. The first kappa shape index (κ1) is 8.09. The Hall–Kier alpha value is -0.0151. The number of hydrogen-bond donors (Lipinski definition) is 1. The van der Waals surface area contributed by atoms with Crippen LogP contribution in [0.25, 0.3) is 0 Å². The molecule has 58 valence electrons. The standard InChI is InChI=1S/C7H15BO2/c1-4-5(2)7(8)10-6(4)3-9/h4-7,9H,3,8H2,1-2H3/t4-,5+,6+,7?/m0/s1. The molecule has 1 unspecified atom stereocenters. The van der Waals surface area contributed by atoms with E-state index < -0.39 is 0 Å². The quantitative estimate of drug-likeness (QED) is 0.505. The van der Waals surface area contributed by atoms with Crippen LogP contribution in [0.2, 0.25) is 0 Å². The minimum atomic E-state index is 0.0741. The highest BCUT2D eigenvalue weighted by Gasteiger charge is 2.35. The Morgan fingerprint density at radius 2 is 2.00 bits per heavy atom. The maximum atomic E-state index is 8.85. The van der Waals surface area contributed by atoms with E-state index in [1.54, 1.807) is 0 Å². The zero-order valence-electron chi connectivity index (χ0n) is 6.87. The van der Waals surface area contributed by atoms with Gasteiger partial charge in [0, 0.05) is 6.00 Å². The minimum absolute atomic E-state index is 0.0741. The van der Waals surface area contributed by atoms with E-state index in [-0.39, 0.29) is 12.7 Å². The molecule has 0 aliphatic carbocycles. The van der Waals surface area contributed by atoms with Crippen LogP contribution in [0.3, 0.4) is 0 Å². The molecule has 0 aromatic heterocycles. The smallest absolute Gasteiger partial charge is 0.139 e. The summed E-state index contributed by atoms with van der Waals surface area (Å²) in [6, 6.07) is 0.312. The molecule has 3 heteroatoms. The fourth-order valence-corrected chi connectivity index (χ4v) is 1.50. The summed E-state index contributed by atoms with van der Waals surface area (Å²) in [5.74, 6) is 1.08. The number of ether oxygens (including phenoxy) is 1. The molecule has 1 aliphatic heterocycles. The Labute approximate surface area is 63.0 Å². The predicted molar refractivity (Wildman–Crippen MR) is 42.6 cm³/mol. The first-order valence-corrected chi connectivity index (χ1v) is 3.93. The maximum Gasteiger partial charge on any atom is 0.139 e. The van der Waals surface area contributed by atoms with Crippen LogP contribution in [0, 0.1) is 11.8 Å². The highest BCUT2D eigenvalue weighted by atomic mass is 16.5. The van der Waals surface area contributed by atoms with Crippen LogP contribution < -0.4 is 0 Å². The van der Waals surface area contributed by atoms with Gasteiger partial charge in [0.2, 0.25) is 0 Å². The van der Waals surface area contributed by atoms with Crippen molar-refractivity contribution in [1.82, 2.24) is 0 Å². The van der Waals surface area contributed by atoms with Gasteiger partial charge in [-0.05, 0) is 11.8 Å². The van der Waals surface area contributed by atoms with E-state index in [0.29, 0.717) is 17.8 Å². The van der Waals surface area contributed by atoms with E-state index in [0.717, 1.165) is 0 Å². The van der Waals surface area contributed by atoms with E-state index >= 15 is 0 Å². The van der Waals surface area contributed by atoms with Crippen molar-refractivity contribution in [3.8, 4) is 0 Å². The van der Waals surface area contributed by atoms with Gasteiger partial charge in [-0.1, -0.05) is 13.8 Å². The molecule has 1 rings (SSSR count). The van der Waals surface area contributed by atoms with E-state index in [1.165, 1.54) is 0 Å². The van der Waals surface area contributed by atoms with Crippen molar-refractivity contribution in [2.75, 3.05) is 6.61 Å². The van der Waals surface area contributed by atoms with Crippen molar-refractivity contribution in [3.63, 3.8) is 0 Å². The van der Waals surface area contributed by atoms with Crippen LogP contribution in [0.1, 0.15) is 13.8 Å². The third kappa shape index (κ3) is 1.20.